The van der Waals surface area contributed by atoms with Gasteiger partial charge in [-0.1, -0.05) is 106 Å². The molecule has 0 saturated carbocycles. The average Bonchev–Trinajstić information content (AvgIpc) is 2.78. The number of fused-ring (bicyclic) bond motifs is 4. The lowest BCUT2D eigenvalue weighted by Gasteiger charge is -2.16. The molecule has 0 atom stereocenters. The van der Waals surface area contributed by atoms with Crippen molar-refractivity contribution in [2.75, 3.05) is 0 Å². The quantitative estimate of drug-likeness (QED) is 0.224. The van der Waals surface area contributed by atoms with Crippen molar-refractivity contribution in [2.24, 2.45) is 0 Å². The number of hydrogen-bond donors (Lipinski definition) is 0. The molecule has 0 fully saturated rings. The summed E-state index contributed by atoms with van der Waals surface area (Å²) in [5.74, 6) is 0. The topological polar surface area (TPSA) is 0 Å². The summed E-state index contributed by atoms with van der Waals surface area (Å²) in [7, 11) is 0.592. The molecule has 0 aliphatic heterocycles. The molecule has 0 radical (unpaired) electrons. The second-order valence-electron chi connectivity index (χ2n) is 7.51. The van der Waals surface area contributed by atoms with Gasteiger partial charge in [-0.25, -0.2) is 0 Å². The summed E-state index contributed by atoms with van der Waals surface area (Å²) in [5, 5.41) is 13.6. The van der Waals surface area contributed by atoms with Gasteiger partial charge in [0.1, 0.15) is 0 Å². The first-order chi connectivity index (χ1) is 14.4. The maximum Gasteiger partial charge on any atom is -0.00695 e. The molecule has 0 spiro atoms. The molecule has 0 unspecified atom stereocenters. The summed E-state index contributed by atoms with van der Waals surface area (Å²) in [6, 6.07) is 39.9. The van der Waals surface area contributed by atoms with Crippen molar-refractivity contribution in [3.05, 3.63) is 109 Å². The Labute approximate surface area is 171 Å². The molecule has 1 heteroatoms. The maximum atomic E-state index is 2.32. The Kier molecular flexibility index (Phi) is 3.86. The zero-order chi connectivity index (χ0) is 19.2. The Bertz CT molecular complexity index is 1300. The predicted molar refractivity (Wildman–Crippen MR) is 130 cm³/mol. The fraction of sp³-hybridized carbons (Fsp3) is 0. The van der Waals surface area contributed by atoms with Crippen molar-refractivity contribution in [1.29, 1.82) is 0 Å². The second kappa shape index (κ2) is 6.69. The monoisotopic (exact) mass is 386 g/mol. The van der Waals surface area contributed by atoms with Crippen LogP contribution in [0.3, 0.4) is 0 Å². The molecule has 6 aromatic rings. The fourth-order valence-corrected chi connectivity index (χ4v) is 6.12. The average molecular weight is 386 g/mol. The molecular weight excluding hydrogens is 367 g/mol. The number of hydrogen-bond acceptors (Lipinski definition) is 0. The van der Waals surface area contributed by atoms with Crippen LogP contribution in [0.4, 0.5) is 0 Å². The first-order valence-electron chi connectivity index (χ1n) is 9.96. The highest BCUT2D eigenvalue weighted by Gasteiger charge is 2.13. The molecule has 0 aliphatic carbocycles. The van der Waals surface area contributed by atoms with Crippen LogP contribution in [0.15, 0.2) is 109 Å². The lowest BCUT2D eigenvalue weighted by molar-refractivity contribution is 1.78. The van der Waals surface area contributed by atoms with Crippen LogP contribution in [-0.2, 0) is 0 Å². The Morgan fingerprint density at radius 3 is 0.931 bits per heavy atom. The zero-order valence-electron chi connectivity index (χ0n) is 15.9. The third-order valence-corrected chi connectivity index (χ3v) is 7.37. The van der Waals surface area contributed by atoms with E-state index >= 15 is 0 Å². The van der Waals surface area contributed by atoms with E-state index in [9.17, 15) is 0 Å². The van der Waals surface area contributed by atoms with E-state index in [0.717, 1.165) is 0 Å². The van der Waals surface area contributed by atoms with E-state index in [0.29, 0.717) is 8.58 Å². The van der Waals surface area contributed by atoms with Gasteiger partial charge in [-0.3, -0.25) is 0 Å². The van der Waals surface area contributed by atoms with Gasteiger partial charge in [-0.05, 0) is 65.8 Å². The van der Waals surface area contributed by atoms with Gasteiger partial charge in [0, 0.05) is 0 Å². The molecule has 6 aromatic carbocycles. The van der Waals surface area contributed by atoms with Crippen molar-refractivity contribution in [3.8, 4) is 0 Å². The standard InChI is InChI=1S/C28H19P/c1-5-13-23-19(9-1)17-20-10-2-6-14-24(20)27(23)29-28-25-15-7-3-11-21(25)18-22-12-4-8-16-26(22)28/h1-18,29H. The summed E-state index contributed by atoms with van der Waals surface area (Å²) in [6.45, 7) is 0. The van der Waals surface area contributed by atoms with E-state index in [4.69, 9.17) is 0 Å². The van der Waals surface area contributed by atoms with E-state index in [-0.39, 0.29) is 0 Å². The van der Waals surface area contributed by atoms with Gasteiger partial charge in [0.2, 0.25) is 0 Å². The molecule has 0 aliphatic rings. The third kappa shape index (κ3) is 2.72. The molecule has 0 nitrogen and oxygen atoms in total. The Morgan fingerprint density at radius 1 is 0.345 bits per heavy atom. The van der Waals surface area contributed by atoms with Gasteiger partial charge in [0.15, 0.2) is 0 Å². The Hall–Kier alpha value is -3.21. The van der Waals surface area contributed by atoms with E-state index in [1.165, 1.54) is 53.7 Å². The SMILES string of the molecule is c1ccc2c(Pc3c4ccccc4cc4ccccc34)c3ccccc3cc2c1. The highest BCUT2D eigenvalue weighted by molar-refractivity contribution is 7.58. The van der Waals surface area contributed by atoms with Gasteiger partial charge in [0.25, 0.3) is 0 Å². The van der Waals surface area contributed by atoms with Crippen LogP contribution >= 0.6 is 8.58 Å². The van der Waals surface area contributed by atoms with Crippen molar-refractivity contribution < 1.29 is 0 Å². The first-order valence-corrected chi connectivity index (χ1v) is 11.0. The third-order valence-electron chi connectivity index (χ3n) is 5.79. The summed E-state index contributed by atoms with van der Waals surface area (Å²) in [5.41, 5.74) is 0. The highest BCUT2D eigenvalue weighted by atomic mass is 31.1. The minimum absolute atomic E-state index is 0.592. The lowest BCUT2D eigenvalue weighted by Crippen LogP contribution is -2.09. The van der Waals surface area contributed by atoms with Gasteiger partial charge < -0.3 is 0 Å². The first kappa shape index (κ1) is 16.7. The maximum absolute atomic E-state index is 2.32. The summed E-state index contributed by atoms with van der Waals surface area (Å²) in [6.07, 6.45) is 0. The van der Waals surface area contributed by atoms with Crippen molar-refractivity contribution >= 4 is 62.3 Å². The number of benzene rings is 6. The van der Waals surface area contributed by atoms with Crippen molar-refractivity contribution in [1.82, 2.24) is 0 Å². The van der Waals surface area contributed by atoms with E-state index < -0.39 is 0 Å². The van der Waals surface area contributed by atoms with Crippen LogP contribution in [0.2, 0.25) is 0 Å². The van der Waals surface area contributed by atoms with Crippen molar-refractivity contribution in [2.45, 2.75) is 0 Å². The molecular formula is C28H19P. The van der Waals surface area contributed by atoms with Crippen LogP contribution in [0, 0.1) is 0 Å². The van der Waals surface area contributed by atoms with Gasteiger partial charge >= 0.3 is 0 Å². The Morgan fingerprint density at radius 2 is 0.621 bits per heavy atom. The largest absolute Gasteiger partial charge is 0.0616 e. The summed E-state index contributed by atoms with van der Waals surface area (Å²) >= 11 is 0. The predicted octanol–water partition coefficient (Wildman–Crippen LogP) is 6.93. The normalized spacial score (nSPS) is 11.6. The van der Waals surface area contributed by atoms with Crippen LogP contribution < -0.4 is 10.6 Å². The number of rotatable bonds is 2. The molecule has 0 bridgehead atoms. The fourth-order valence-electron chi connectivity index (χ4n) is 4.42. The van der Waals surface area contributed by atoms with Crippen LogP contribution in [-0.4, -0.2) is 0 Å². The van der Waals surface area contributed by atoms with Crippen LogP contribution in [0.5, 0.6) is 0 Å². The van der Waals surface area contributed by atoms with E-state index in [1.807, 2.05) is 0 Å². The molecule has 29 heavy (non-hydrogen) atoms. The van der Waals surface area contributed by atoms with Gasteiger partial charge in [0.05, 0.1) is 0 Å². The molecule has 0 aromatic heterocycles. The molecule has 0 saturated heterocycles. The van der Waals surface area contributed by atoms with Crippen molar-refractivity contribution in [3.63, 3.8) is 0 Å². The summed E-state index contributed by atoms with van der Waals surface area (Å²) in [4.78, 5) is 0. The van der Waals surface area contributed by atoms with Crippen LogP contribution in [0.1, 0.15) is 0 Å². The molecule has 0 amide bonds. The minimum Gasteiger partial charge on any atom is -0.0616 e. The van der Waals surface area contributed by atoms with Gasteiger partial charge in [-0.2, -0.15) is 0 Å². The Balaban J connectivity index is 1.73. The van der Waals surface area contributed by atoms with E-state index in [2.05, 4.69) is 109 Å². The molecule has 0 N–H and O–H groups in total. The van der Waals surface area contributed by atoms with Gasteiger partial charge in [-0.15, -0.1) is 0 Å². The lowest BCUT2D eigenvalue weighted by atomic mass is 10.0. The molecule has 6 rings (SSSR count). The minimum atomic E-state index is 0.592. The molecule has 136 valence electrons. The van der Waals surface area contributed by atoms with Crippen LogP contribution in [0.25, 0.3) is 43.1 Å². The summed E-state index contributed by atoms with van der Waals surface area (Å²) < 4.78 is 0. The smallest absolute Gasteiger partial charge is 0.00695 e. The second-order valence-corrected chi connectivity index (χ2v) is 8.76. The highest BCUT2D eigenvalue weighted by Crippen LogP contribution is 2.32. The van der Waals surface area contributed by atoms with E-state index in [1.54, 1.807) is 0 Å². The molecule has 0 heterocycles. The zero-order valence-corrected chi connectivity index (χ0v) is 16.9.